The van der Waals surface area contributed by atoms with Crippen LogP contribution in [0, 0.1) is 13.8 Å². The number of rotatable bonds is 4. The van der Waals surface area contributed by atoms with Crippen molar-refractivity contribution in [2.45, 2.75) is 26.9 Å². The van der Waals surface area contributed by atoms with Gasteiger partial charge >= 0.3 is 0 Å². The lowest BCUT2D eigenvalue weighted by molar-refractivity contribution is 0.448. The largest absolute Gasteiger partial charge is 0.444 e. The van der Waals surface area contributed by atoms with E-state index >= 15 is 0 Å². The fourth-order valence-electron chi connectivity index (χ4n) is 1.52. The van der Waals surface area contributed by atoms with Crippen LogP contribution < -0.4 is 5.32 Å². The molecule has 0 unspecified atom stereocenters. The minimum Gasteiger partial charge on any atom is -0.444 e. The number of nitrogens with zero attached hydrogens (tertiary/aromatic N) is 1. The molecule has 2 aromatic rings. The third-order valence-corrected chi connectivity index (χ3v) is 2.52. The van der Waals surface area contributed by atoms with E-state index in [0.717, 1.165) is 23.9 Å². The molecule has 1 aromatic carbocycles. The van der Waals surface area contributed by atoms with Gasteiger partial charge in [-0.05, 0) is 19.4 Å². The third-order valence-electron chi connectivity index (χ3n) is 2.52. The van der Waals surface area contributed by atoms with Gasteiger partial charge in [0, 0.05) is 6.54 Å². The van der Waals surface area contributed by atoms with Crippen LogP contribution in [0.15, 0.2) is 34.7 Å². The van der Waals surface area contributed by atoms with E-state index < -0.39 is 0 Å². The summed E-state index contributed by atoms with van der Waals surface area (Å²) >= 11 is 0. The van der Waals surface area contributed by atoms with E-state index in [1.165, 1.54) is 5.56 Å². The van der Waals surface area contributed by atoms with Crippen molar-refractivity contribution >= 4 is 0 Å². The maximum atomic E-state index is 5.48. The van der Waals surface area contributed by atoms with Gasteiger partial charge in [-0.1, -0.05) is 30.3 Å². The van der Waals surface area contributed by atoms with Gasteiger partial charge in [-0.15, -0.1) is 0 Å². The summed E-state index contributed by atoms with van der Waals surface area (Å²) in [6.07, 6.45) is 0. The Morgan fingerprint density at radius 3 is 2.50 bits per heavy atom. The molecule has 1 aromatic heterocycles. The molecule has 0 aliphatic heterocycles. The lowest BCUT2D eigenvalue weighted by atomic mass is 10.2. The highest BCUT2D eigenvalue weighted by atomic mass is 16.4. The van der Waals surface area contributed by atoms with E-state index in [2.05, 4.69) is 22.4 Å². The van der Waals surface area contributed by atoms with E-state index in [-0.39, 0.29) is 0 Å². The maximum Gasteiger partial charge on any atom is 0.208 e. The average molecular weight is 216 g/mol. The van der Waals surface area contributed by atoms with E-state index in [9.17, 15) is 0 Å². The van der Waals surface area contributed by atoms with Gasteiger partial charge in [-0.25, -0.2) is 4.98 Å². The number of hydrogen-bond donors (Lipinski definition) is 1. The standard InChI is InChI=1S/C13H16N2O/c1-10-11(2)16-13(15-10)9-14-8-12-6-4-3-5-7-12/h3-7,14H,8-9H2,1-2H3. The number of benzene rings is 1. The number of aryl methyl sites for hydroxylation is 2. The van der Waals surface area contributed by atoms with Crippen molar-refractivity contribution in [3.8, 4) is 0 Å². The van der Waals surface area contributed by atoms with Crippen LogP contribution in [0.2, 0.25) is 0 Å². The van der Waals surface area contributed by atoms with E-state index in [4.69, 9.17) is 4.42 Å². The second-order valence-corrected chi connectivity index (χ2v) is 3.84. The highest BCUT2D eigenvalue weighted by Gasteiger charge is 2.04. The summed E-state index contributed by atoms with van der Waals surface area (Å²) < 4.78 is 5.48. The maximum absolute atomic E-state index is 5.48. The molecule has 0 spiro atoms. The van der Waals surface area contributed by atoms with E-state index in [1.54, 1.807) is 0 Å². The van der Waals surface area contributed by atoms with Gasteiger partial charge in [0.05, 0.1) is 12.2 Å². The SMILES string of the molecule is Cc1nc(CNCc2ccccc2)oc1C. The molecule has 0 amide bonds. The Bertz CT molecular complexity index is 429. The Kier molecular flexibility index (Phi) is 3.37. The molecule has 0 saturated heterocycles. The molecule has 0 fully saturated rings. The molecule has 0 bridgehead atoms. The molecule has 0 aliphatic rings. The Labute approximate surface area is 95.5 Å². The molecule has 1 N–H and O–H groups in total. The number of nitrogens with one attached hydrogen (secondary N) is 1. The normalized spacial score (nSPS) is 10.6. The molecule has 0 saturated carbocycles. The highest BCUT2D eigenvalue weighted by molar-refractivity contribution is 5.14. The quantitative estimate of drug-likeness (QED) is 0.853. The monoisotopic (exact) mass is 216 g/mol. The summed E-state index contributed by atoms with van der Waals surface area (Å²) in [5, 5.41) is 3.30. The number of aromatic nitrogens is 1. The van der Waals surface area contributed by atoms with Crippen LogP contribution in [0.25, 0.3) is 0 Å². The fourth-order valence-corrected chi connectivity index (χ4v) is 1.52. The van der Waals surface area contributed by atoms with Crippen molar-refractivity contribution in [3.63, 3.8) is 0 Å². The first-order chi connectivity index (χ1) is 7.75. The van der Waals surface area contributed by atoms with Gasteiger partial charge in [-0.2, -0.15) is 0 Å². The third kappa shape index (κ3) is 2.70. The van der Waals surface area contributed by atoms with Crippen molar-refractivity contribution in [1.82, 2.24) is 10.3 Å². The first kappa shape index (κ1) is 10.9. The van der Waals surface area contributed by atoms with Crippen LogP contribution in [0.3, 0.4) is 0 Å². The number of hydrogen-bond acceptors (Lipinski definition) is 3. The molecule has 0 aliphatic carbocycles. The first-order valence-corrected chi connectivity index (χ1v) is 5.43. The Morgan fingerprint density at radius 2 is 1.88 bits per heavy atom. The van der Waals surface area contributed by atoms with Crippen LogP contribution in [0.5, 0.6) is 0 Å². The van der Waals surface area contributed by atoms with E-state index in [1.807, 2.05) is 32.0 Å². The number of oxazole rings is 1. The summed E-state index contributed by atoms with van der Waals surface area (Å²) in [6, 6.07) is 10.3. The lowest BCUT2D eigenvalue weighted by Gasteiger charge is -2.01. The topological polar surface area (TPSA) is 38.1 Å². The molecule has 1 heterocycles. The second kappa shape index (κ2) is 4.94. The van der Waals surface area contributed by atoms with Gasteiger partial charge in [0.15, 0.2) is 0 Å². The molecule has 3 nitrogen and oxygen atoms in total. The average Bonchev–Trinajstić information content (AvgIpc) is 2.60. The fraction of sp³-hybridized carbons (Fsp3) is 0.308. The van der Waals surface area contributed by atoms with Crippen LogP contribution in [-0.4, -0.2) is 4.98 Å². The molecule has 3 heteroatoms. The molecule has 16 heavy (non-hydrogen) atoms. The van der Waals surface area contributed by atoms with Crippen LogP contribution in [-0.2, 0) is 13.1 Å². The Morgan fingerprint density at radius 1 is 1.12 bits per heavy atom. The molecule has 84 valence electrons. The molecular formula is C13H16N2O. The molecule has 0 atom stereocenters. The predicted octanol–water partition coefficient (Wildman–Crippen LogP) is 2.58. The molecule has 2 rings (SSSR count). The minimum atomic E-state index is 0.670. The zero-order valence-corrected chi connectivity index (χ0v) is 9.66. The summed E-state index contributed by atoms with van der Waals surface area (Å²) in [7, 11) is 0. The van der Waals surface area contributed by atoms with Gasteiger partial charge < -0.3 is 9.73 Å². The molecule has 0 radical (unpaired) electrons. The molecular weight excluding hydrogens is 200 g/mol. The Balaban J connectivity index is 1.84. The van der Waals surface area contributed by atoms with Crippen molar-refractivity contribution in [2.75, 3.05) is 0 Å². The van der Waals surface area contributed by atoms with E-state index in [0.29, 0.717) is 6.54 Å². The van der Waals surface area contributed by atoms with Crippen molar-refractivity contribution in [3.05, 3.63) is 53.2 Å². The summed E-state index contributed by atoms with van der Waals surface area (Å²) in [6.45, 7) is 5.40. The Hall–Kier alpha value is -1.61. The van der Waals surface area contributed by atoms with Gasteiger partial charge in [0.25, 0.3) is 0 Å². The van der Waals surface area contributed by atoms with Crippen molar-refractivity contribution in [2.24, 2.45) is 0 Å². The summed E-state index contributed by atoms with van der Waals surface area (Å²) in [5.41, 5.74) is 2.24. The highest BCUT2D eigenvalue weighted by Crippen LogP contribution is 2.08. The zero-order chi connectivity index (χ0) is 11.4. The second-order valence-electron chi connectivity index (χ2n) is 3.84. The van der Waals surface area contributed by atoms with Gasteiger partial charge in [0.1, 0.15) is 5.76 Å². The van der Waals surface area contributed by atoms with Crippen molar-refractivity contribution in [1.29, 1.82) is 0 Å². The van der Waals surface area contributed by atoms with Crippen LogP contribution >= 0.6 is 0 Å². The van der Waals surface area contributed by atoms with Crippen LogP contribution in [0.1, 0.15) is 22.9 Å². The van der Waals surface area contributed by atoms with Gasteiger partial charge in [0.2, 0.25) is 5.89 Å². The predicted molar refractivity (Wildman–Crippen MR) is 63.0 cm³/mol. The smallest absolute Gasteiger partial charge is 0.208 e. The first-order valence-electron chi connectivity index (χ1n) is 5.43. The zero-order valence-electron chi connectivity index (χ0n) is 9.66. The van der Waals surface area contributed by atoms with Gasteiger partial charge in [-0.3, -0.25) is 0 Å². The minimum absolute atomic E-state index is 0.670. The van der Waals surface area contributed by atoms with Crippen LogP contribution in [0.4, 0.5) is 0 Å². The summed E-state index contributed by atoms with van der Waals surface area (Å²) in [4.78, 5) is 4.31. The van der Waals surface area contributed by atoms with Crippen molar-refractivity contribution < 1.29 is 4.42 Å². The lowest BCUT2D eigenvalue weighted by Crippen LogP contribution is -2.12. The summed E-state index contributed by atoms with van der Waals surface area (Å²) in [5.74, 6) is 1.66.